The van der Waals surface area contributed by atoms with Crippen molar-refractivity contribution in [3.63, 3.8) is 0 Å². The van der Waals surface area contributed by atoms with Gasteiger partial charge in [-0.2, -0.15) is 5.10 Å². The molecule has 3 nitrogen and oxygen atoms in total. The van der Waals surface area contributed by atoms with Gasteiger partial charge in [-0.05, 0) is 44.0 Å². The second-order valence-corrected chi connectivity index (χ2v) is 6.18. The van der Waals surface area contributed by atoms with Gasteiger partial charge in [0.15, 0.2) is 0 Å². The molecule has 4 rings (SSSR count). The van der Waals surface area contributed by atoms with Crippen LogP contribution in [0.4, 0.5) is 14.6 Å². The molecule has 0 saturated carbocycles. The van der Waals surface area contributed by atoms with Crippen molar-refractivity contribution >= 4 is 5.82 Å². The third-order valence-electron chi connectivity index (χ3n) is 4.42. The van der Waals surface area contributed by atoms with Crippen LogP contribution >= 0.6 is 0 Å². The van der Waals surface area contributed by atoms with Gasteiger partial charge in [0.05, 0.1) is 5.69 Å². The Labute approximate surface area is 138 Å². The fourth-order valence-electron chi connectivity index (χ4n) is 3.29. The number of hydrogen-bond donors (Lipinski definition) is 1. The first-order chi connectivity index (χ1) is 11.5. The summed E-state index contributed by atoms with van der Waals surface area (Å²) >= 11 is 0. The molecule has 122 valence electrons. The summed E-state index contributed by atoms with van der Waals surface area (Å²) in [7, 11) is 0. The number of nitrogens with zero attached hydrogens (tertiary/aromatic N) is 2. The number of halogens is 2. The molecule has 3 aromatic rings. The summed E-state index contributed by atoms with van der Waals surface area (Å²) in [5, 5.41) is 7.98. The van der Waals surface area contributed by atoms with E-state index in [0.29, 0.717) is 11.3 Å². The maximum Gasteiger partial charge on any atom is 0.135 e. The molecule has 0 amide bonds. The molecule has 0 fully saturated rings. The van der Waals surface area contributed by atoms with Crippen LogP contribution < -0.4 is 5.32 Å². The van der Waals surface area contributed by atoms with E-state index < -0.39 is 11.6 Å². The van der Waals surface area contributed by atoms with Crippen molar-refractivity contribution in [1.29, 1.82) is 0 Å². The van der Waals surface area contributed by atoms with Crippen molar-refractivity contribution in [2.75, 3.05) is 11.9 Å². The molecule has 5 heteroatoms. The Bertz CT molecular complexity index is 870. The van der Waals surface area contributed by atoms with Crippen LogP contribution in [-0.2, 0) is 6.42 Å². The molecule has 0 bridgehead atoms. The SMILES string of the molecule is Cc1ccc(-n2nc(-c3ccc(F)cc3F)c3c2NCC3)c(C)c1. The van der Waals surface area contributed by atoms with E-state index in [9.17, 15) is 8.78 Å². The highest BCUT2D eigenvalue weighted by atomic mass is 19.1. The van der Waals surface area contributed by atoms with Gasteiger partial charge >= 0.3 is 0 Å². The molecule has 0 radical (unpaired) electrons. The van der Waals surface area contributed by atoms with Gasteiger partial charge in [-0.1, -0.05) is 17.7 Å². The van der Waals surface area contributed by atoms with E-state index in [4.69, 9.17) is 0 Å². The Morgan fingerprint density at radius 1 is 1.08 bits per heavy atom. The quantitative estimate of drug-likeness (QED) is 0.757. The first-order valence-electron chi connectivity index (χ1n) is 7.93. The Balaban J connectivity index is 1.92. The Kier molecular flexibility index (Phi) is 3.37. The van der Waals surface area contributed by atoms with Crippen molar-refractivity contribution in [1.82, 2.24) is 9.78 Å². The summed E-state index contributed by atoms with van der Waals surface area (Å²) in [6.45, 7) is 4.86. The predicted octanol–water partition coefficient (Wildman–Crippen LogP) is 4.40. The lowest BCUT2D eigenvalue weighted by Crippen LogP contribution is -2.06. The van der Waals surface area contributed by atoms with Crippen molar-refractivity contribution in [2.45, 2.75) is 20.3 Å². The van der Waals surface area contributed by atoms with Crippen LogP contribution in [0.3, 0.4) is 0 Å². The molecule has 1 aliphatic heterocycles. The van der Waals surface area contributed by atoms with E-state index in [-0.39, 0.29) is 0 Å². The van der Waals surface area contributed by atoms with Gasteiger partial charge in [-0.15, -0.1) is 0 Å². The predicted molar refractivity (Wildman–Crippen MR) is 90.6 cm³/mol. The summed E-state index contributed by atoms with van der Waals surface area (Å²) in [6.07, 6.45) is 0.770. The molecule has 0 spiro atoms. The molecule has 1 aliphatic rings. The van der Waals surface area contributed by atoms with Gasteiger partial charge < -0.3 is 5.32 Å². The number of aromatic nitrogens is 2. The minimum absolute atomic E-state index is 0.333. The molecular formula is C19H17F2N3. The van der Waals surface area contributed by atoms with E-state index in [1.807, 2.05) is 30.7 Å². The minimum atomic E-state index is -0.588. The Morgan fingerprint density at radius 3 is 2.67 bits per heavy atom. The molecule has 2 aromatic carbocycles. The van der Waals surface area contributed by atoms with Crippen LogP contribution in [0.1, 0.15) is 16.7 Å². The first kappa shape index (κ1) is 14.9. The van der Waals surface area contributed by atoms with Crippen LogP contribution in [0.25, 0.3) is 16.9 Å². The number of hydrogen-bond acceptors (Lipinski definition) is 2. The summed E-state index contributed by atoms with van der Waals surface area (Å²) < 4.78 is 29.3. The number of aryl methyl sites for hydroxylation is 2. The monoisotopic (exact) mass is 325 g/mol. The molecule has 0 saturated heterocycles. The average Bonchev–Trinajstić information content (AvgIpc) is 3.11. The molecule has 2 heterocycles. The standard InChI is InChI=1S/C19H17F2N3/c1-11-3-6-17(12(2)9-11)24-19-15(7-8-22-19)18(23-24)14-5-4-13(20)10-16(14)21/h3-6,9-10,22H,7-8H2,1-2H3. The Morgan fingerprint density at radius 2 is 1.92 bits per heavy atom. The number of rotatable bonds is 2. The van der Waals surface area contributed by atoms with Crippen LogP contribution in [0.15, 0.2) is 36.4 Å². The average molecular weight is 325 g/mol. The second kappa shape index (κ2) is 5.44. The number of fused-ring (bicyclic) bond motifs is 1. The number of benzene rings is 2. The van der Waals surface area contributed by atoms with Crippen LogP contribution in [0, 0.1) is 25.5 Å². The molecule has 0 aliphatic carbocycles. The lowest BCUT2D eigenvalue weighted by Gasteiger charge is -2.10. The highest BCUT2D eigenvalue weighted by molar-refractivity contribution is 5.73. The topological polar surface area (TPSA) is 29.9 Å². The van der Waals surface area contributed by atoms with Crippen LogP contribution in [-0.4, -0.2) is 16.3 Å². The zero-order valence-electron chi connectivity index (χ0n) is 13.5. The van der Waals surface area contributed by atoms with Crippen LogP contribution in [0.5, 0.6) is 0 Å². The third-order valence-corrected chi connectivity index (χ3v) is 4.42. The van der Waals surface area contributed by atoms with Crippen molar-refractivity contribution < 1.29 is 8.78 Å². The zero-order chi connectivity index (χ0) is 16.8. The summed E-state index contributed by atoms with van der Waals surface area (Å²) in [5.41, 5.74) is 5.12. The van der Waals surface area contributed by atoms with Gasteiger partial charge in [0.25, 0.3) is 0 Å². The van der Waals surface area contributed by atoms with Gasteiger partial charge in [-0.3, -0.25) is 0 Å². The Hall–Kier alpha value is -2.69. The van der Waals surface area contributed by atoms with E-state index >= 15 is 0 Å². The largest absolute Gasteiger partial charge is 0.369 e. The van der Waals surface area contributed by atoms with Gasteiger partial charge in [0, 0.05) is 23.7 Å². The van der Waals surface area contributed by atoms with Crippen molar-refractivity contribution in [3.05, 3.63) is 64.7 Å². The van der Waals surface area contributed by atoms with E-state index in [0.717, 1.165) is 41.7 Å². The number of anilines is 1. The number of nitrogens with one attached hydrogen (secondary N) is 1. The first-order valence-corrected chi connectivity index (χ1v) is 7.93. The van der Waals surface area contributed by atoms with Gasteiger partial charge in [-0.25, -0.2) is 13.5 Å². The second-order valence-electron chi connectivity index (χ2n) is 6.18. The van der Waals surface area contributed by atoms with Crippen molar-refractivity contribution in [3.8, 4) is 16.9 Å². The highest BCUT2D eigenvalue weighted by Crippen LogP contribution is 2.36. The fourth-order valence-corrected chi connectivity index (χ4v) is 3.29. The van der Waals surface area contributed by atoms with Gasteiger partial charge in [0.2, 0.25) is 0 Å². The summed E-state index contributed by atoms with van der Waals surface area (Å²) in [4.78, 5) is 0. The minimum Gasteiger partial charge on any atom is -0.369 e. The smallest absolute Gasteiger partial charge is 0.135 e. The molecule has 24 heavy (non-hydrogen) atoms. The molecule has 0 atom stereocenters. The molecular weight excluding hydrogens is 308 g/mol. The fraction of sp³-hybridized carbons (Fsp3) is 0.211. The lowest BCUT2D eigenvalue weighted by atomic mass is 10.1. The highest BCUT2D eigenvalue weighted by Gasteiger charge is 2.26. The maximum absolute atomic E-state index is 14.2. The molecule has 1 aromatic heterocycles. The maximum atomic E-state index is 14.2. The van der Waals surface area contributed by atoms with E-state index in [1.165, 1.54) is 17.7 Å². The van der Waals surface area contributed by atoms with Crippen molar-refractivity contribution in [2.24, 2.45) is 0 Å². The van der Waals surface area contributed by atoms with E-state index in [1.54, 1.807) is 0 Å². The normalized spacial score (nSPS) is 13.0. The summed E-state index contributed by atoms with van der Waals surface area (Å²) in [6, 6.07) is 9.77. The lowest BCUT2D eigenvalue weighted by molar-refractivity contribution is 0.585. The zero-order valence-corrected chi connectivity index (χ0v) is 13.5. The molecule has 1 N–H and O–H groups in total. The molecule has 0 unspecified atom stereocenters. The van der Waals surface area contributed by atoms with Gasteiger partial charge in [0.1, 0.15) is 23.1 Å². The van der Waals surface area contributed by atoms with E-state index in [2.05, 4.69) is 16.5 Å². The van der Waals surface area contributed by atoms with Crippen LogP contribution in [0.2, 0.25) is 0 Å². The third kappa shape index (κ3) is 2.28. The summed E-state index contributed by atoms with van der Waals surface area (Å²) in [5.74, 6) is -0.282.